The fraction of sp³-hybridized carbons (Fsp3) is 0.286. The number of hydrogen-bond donors (Lipinski definition) is 1. The van der Waals surface area contributed by atoms with E-state index in [9.17, 15) is 0 Å². The summed E-state index contributed by atoms with van der Waals surface area (Å²) in [5.74, 6) is 0.492. The molecule has 0 spiro atoms. The molecule has 0 aliphatic rings. The molecule has 0 saturated heterocycles. The van der Waals surface area contributed by atoms with Gasteiger partial charge in [0.25, 0.3) is 0 Å². The SMILES string of the molecule is Cc1nn(C)c2c1nc(N)n2CCc1ccc(Cl)cc1Cl. The molecule has 110 valence electrons. The maximum atomic E-state index is 6.20. The zero-order valence-electron chi connectivity index (χ0n) is 11.8. The first kappa shape index (κ1) is 14.2. The summed E-state index contributed by atoms with van der Waals surface area (Å²) in [5, 5.41) is 5.67. The minimum absolute atomic E-state index is 0.492. The number of nitrogen functional groups attached to an aromatic ring is 1. The van der Waals surface area contributed by atoms with Gasteiger partial charge in [0.15, 0.2) is 5.65 Å². The summed E-state index contributed by atoms with van der Waals surface area (Å²) in [5.41, 5.74) is 9.70. The van der Waals surface area contributed by atoms with Gasteiger partial charge in [0.05, 0.1) is 5.69 Å². The van der Waals surface area contributed by atoms with E-state index in [0.717, 1.165) is 28.8 Å². The maximum Gasteiger partial charge on any atom is 0.202 e. The number of fused-ring (bicyclic) bond motifs is 1. The zero-order valence-corrected chi connectivity index (χ0v) is 13.3. The summed E-state index contributed by atoms with van der Waals surface area (Å²) in [6.45, 7) is 2.61. The lowest BCUT2D eigenvalue weighted by molar-refractivity contribution is 0.679. The minimum atomic E-state index is 0.492. The Kier molecular flexibility index (Phi) is 3.55. The molecule has 0 unspecified atom stereocenters. The van der Waals surface area contributed by atoms with Gasteiger partial charge in [-0.1, -0.05) is 29.3 Å². The van der Waals surface area contributed by atoms with Gasteiger partial charge in [0.1, 0.15) is 5.52 Å². The number of imidazole rings is 1. The molecule has 2 aromatic heterocycles. The predicted molar refractivity (Wildman–Crippen MR) is 85.8 cm³/mol. The molecule has 0 fully saturated rings. The van der Waals surface area contributed by atoms with Gasteiger partial charge in [-0.05, 0) is 31.0 Å². The van der Waals surface area contributed by atoms with E-state index >= 15 is 0 Å². The normalized spacial score (nSPS) is 11.4. The van der Waals surface area contributed by atoms with Gasteiger partial charge in [-0.15, -0.1) is 0 Å². The fourth-order valence-electron chi connectivity index (χ4n) is 2.53. The van der Waals surface area contributed by atoms with Crippen LogP contribution in [0.3, 0.4) is 0 Å². The van der Waals surface area contributed by atoms with E-state index in [4.69, 9.17) is 28.9 Å². The van der Waals surface area contributed by atoms with Crippen molar-refractivity contribution in [3.63, 3.8) is 0 Å². The van der Waals surface area contributed by atoms with Crippen LogP contribution in [0, 0.1) is 6.92 Å². The second-order valence-corrected chi connectivity index (χ2v) is 5.83. The number of nitrogens with two attached hydrogens (primary N) is 1. The predicted octanol–water partition coefficient (Wildman–Crippen LogP) is 3.21. The number of benzene rings is 1. The lowest BCUT2D eigenvalue weighted by atomic mass is 10.1. The molecule has 0 atom stereocenters. The molecule has 0 saturated carbocycles. The van der Waals surface area contributed by atoms with Gasteiger partial charge in [0.2, 0.25) is 5.95 Å². The molecule has 1 aromatic carbocycles. The van der Waals surface area contributed by atoms with E-state index in [1.807, 2.05) is 30.7 Å². The van der Waals surface area contributed by atoms with E-state index in [2.05, 4.69) is 10.1 Å². The minimum Gasteiger partial charge on any atom is -0.369 e. The first-order chi connectivity index (χ1) is 9.97. The Balaban J connectivity index is 1.93. The largest absolute Gasteiger partial charge is 0.369 e. The monoisotopic (exact) mass is 323 g/mol. The molecule has 2 heterocycles. The Morgan fingerprint density at radius 3 is 2.76 bits per heavy atom. The highest BCUT2D eigenvalue weighted by molar-refractivity contribution is 6.35. The van der Waals surface area contributed by atoms with Crippen LogP contribution < -0.4 is 5.73 Å². The van der Waals surface area contributed by atoms with Crippen LogP contribution in [0.25, 0.3) is 11.2 Å². The molecule has 3 rings (SSSR count). The molecule has 0 aliphatic heterocycles. The lowest BCUT2D eigenvalue weighted by Crippen LogP contribution is -2.09. The van der Waals surface area contributed by atoms with Crippen molar-refractivity contribution < 1.29 is 0 Å². The maximum absolute atomic E-state index is 6.20. The summed E-state index contributed by atoms with van der Waals surface area (Å²) in [6, 6.07) is 5.52. The number of aromatic nitrogens is 4. The summed E-state index contributed by atoms with van der Waals surface area (Å²) in [6.07, 6.45) is 0.746. The van der Waals surface area contributed by atoms with Crippen LogP contribution >= 0.6 is 23.2 Å². The third-order valence-electron chi connectivity index (χ3n) is 3.54. The van der Waals surface area contributed by atoms with E-state index in [0.29, 0.717) is 22.5 Å². The zero-order chi connectivity index (χ0) is 15.1. The third kappa shape index (κ3) is 2.47. The van der Waals surface area contributed by atoms with Crippen LogP contribution in [0.1, 0.15) is 11.3 Å². The number of anilines is 1. The van der Waals surface area contributed by atoms with Crippen LogP contribution in [0.15, 0.2) is 18.2 Å². The van der Waals surface area contributed by atoms with Crippen LogP contribution in [0.5, 0.6) is 0 Å². The molecule has 21 heavy (non-hydrogen) atoms. The van der Waals surface area contributed by atoms with Gasteiger partial charge in [-0.3, -0.25) is 9.25 Å². The molecule has 5 nitrogen and oxygen atoms in total. The van der Waals surface area contributed by atoms with Gasteiger partial charge in [0, 0.05) is 23.6 Å². The molecule has 2 N–H and O–H groups in total. The molecule has 0 aliphatic carbocycles. The molecule has 3 aromatic rings. The highest BCUT2D eigenvalue weighted by Gasteiger charge is 2.15. The summed E-state index contributed by atoms with van der Waals surface area (Å²) in [4.78, 5) is 4.39. The number of halogens is 2. The van der Waals surface area contributed by atoms with Gasteiger partial charge in [-0.2, -0.15) is 5.10 Å². The summed E-state index contributed by atoms with van der Waals surface area (Å²) < 4.78 is 3.76. The fourth-order valence-corrected chi connectivity index (χ4v) is 3.03. The van der Waals surface area contributed by atoms with Crippen molar-refractivity contribution in [2.24, 2.45) is 7.05 Å². The van der Waals surface area contributed by atoms with Gasteiger partial charge < -0.3 is 5.73 Å². The van der Waals surface area contributed by atoms with Gasteiger partial charge >= 0.3 is 0 Å². The summed E-state index contributed by atoms with van der Waals surface area (Å²) in [7, 11) is 1.89. The first-order valence-corrected chi connectivity index (χ1v) is 7.32. The van der Waals surface area contributed by atoms with Crippen molar-refractivity contribution >= 4 is 40.3 Å². The van der Waals surface area contributed by atoms with Crippen molar-refractivity contribution in [1.82, 2.24) is 19.3 Å². The lowest BCUT2D eigenvalue weighted by Gasteiger charge is -2.08. The first-order valence-electron chi connectivity index (χ1n) is 6.56. The Labute approximate surface area is 132 Å². The van der Waals surface area contributed by atoms with Crippen LogP contribution in [0.4, 0.5) is 5.95 Å². The van der Waals surface area contributed by atoms with E-state index in [-0.39, 0.29) is 0 Å². The van der Waals surface area contributed by atoms with Crippen LogP contribution in [0.2, 0.25) is 10.0 Å². The topological polar surface area (TPSA) is 61.7 Å². The average molecular weight is 324 g/mol. The van der Waals surface area contributed by atoms with Crippen LogP contribution in [-0.2, 0) is 20.0 Å². The molecule has 0 bridgehead atoms. The van der Waals surface area contributed by atoms with E-state index in [1.165, 1.54) is 0 Å². The number of nitrogens with zero attached hydrogens (tertiary/aromatic N) is 4. The Bertz CT molecular complexity index is 818. The van der Waals surface area contributed by atoms with Crippen molar-refractivity contribution in [2.75, 3.05) is 5.73 Å². The molecule has 0 radical (unpaired) electrons. The Morgan fingerprint density at radius 1 is 1.29 bits per heavy atom. The van der Waals surface area contributed by atoms with Gasteiger partial charge in [-0.25, -0.2) is 4.98 Å². The van der Waals surface area contributed by atoms with E-state index < -0.39 is 0 Å². The Morgan fingerprint density at radius 2 is 2.05 bits per heavy atom. The molecule has 7 heteroatoms. The Hall–Kier alpha value is -1.72. The quantitative estimate of drug-likeness (QED) is 0.805. The second-order valence-electron chi connectivity index (χ2n) is 4.99. The highest BCUT2D eigenvalue weighted by Crippen LogP contribution is 2.24. The number of rotatable bonds is 3. The molecular formula is C14H15Cl2N5. The smallest absolute Gasteiger partial charge is 0.202 e. The second kappa shape index (κ2) is 5.24. The van der Waals surface area contributed by atoms with Crippen molar-refractivity contribution in [3.05, 3.63) is 39.5 Å². The highest BCUT2D eigenvalue weighted by atomic mass is 35.5. The summed E-state index contributed by atoms with van der Waals surface area (Å²) >= 11 is 12.1. The molecule has 0 amide bonds. The third-order valence-corrected chi connectivity index (χ3v) is 4.13. The van der Waals surface area contributed by atoms with Crippen molar-refractivity contribution in [1.29, 1.82) is 0 Å². The number of hydrogen-bond acceptors (Lipinski definition) is 3. The van der Waals surface area contributed by atoms with E-state index in [1.54, 1.807) is 10.7 Å². The van der Waals surface area contributed by atoms with Crippen LogP contribution in [-0.4, -0.2) is 19.3 Å². The van der Waals surface area contributed by atoms with Crippen molar-refractivity contribution in [3.8, 4) is 0 Å². The number of aryl methyl sites for hydroxylation is 4. The van der Waals surface area contributed by atoms with Crippen molar-refractivity contribution in [2.45, 2.75) is 19.9 Å². The average Bonchev–Trinajstić information content (AvgIpc) is 2.87. The molecular weight excluding hydrogens is 309 g/mol. The standard InChI is InChI=1S/C14H15Cl2N5/c1-8-12-13(20(2)19-8)21(14(17)18-12)6-5-9-3-4-10(15)7-11(9)16/h3-4,7H,5-6H2,1-2H3,(H2,17,18).